The van der Waals surface area contributed by atoms with Crippen molar-refractivity contribution in [3.63, 3.8) is 0 Å². The molecule has 5 rings (SSSR count). The average molecular weight is 518 g/mol. The molecule has 2 nitrogen and oxygen atoms in total. The lowest BCUT2D eigenvalue weighted by atomic mass is 9.66. The van der Waals surface area contributed by atoms with Crippen molar-refractivity contribution in [1.29, 1.82) is 0 Å². The maximum Gasteiger partial charge on any atom is 0.119 e. The quantitative estimate of drug-likeness (QED) is 0.292. The van der Waals surface area contributed by atoms with Crippen LogP contribution in [0.15, 0.2) is 60.7 Å². The number of benzene rings is 3. The maximum atomic E-state index is 10.4. The first-order valence-corrected chi connectivity index (χ1v) is 13.9. The normalized spacial score (nSPS) is 16.7. The number of aromatic hydroxyl groups is 1. The third-order valence-corrected chi connectivity index (χ3v) is 9.45. The number of fused-ring (bicyclic) bond motifs is 3. The van der Waals surface area contributed by atoms with Crippen LogP contribution in [0.5, 0.6) is 5.75 Å². The van der Waals surface area contributed by atoms with Gasteiger partial charge in [0.05, 0.1) is 5.69 Å². The molecular formula is C32H36ClNOS. The number of nitrogens with zero attached hydrogens (tertiary/aromatic N) is 1. The van der Waals surface area contributed by atoms with Crippen molar-refractivity contribution in [2.75, 3.05) is 4.90 Å². The second kappa shape index (κ2) is 8.53. The summed E-state index contributed by atoms with van der Waals surface area (Å²) >= 11 is 8.34. The first-order valence-electron chi connectivity index (χ1n) is 12.7. The number of hydrogen-bond acceptors (Lipinski definition) is 3. The Balaban J connectivity index is 1.70. The van der Waals surface area contributed by atoms with Crippen molar-refractivity contribution in [3.05, 3.63) is 81.7 Å². The highest BCUT2D eigenvalue weighted by Crippen LogP contribution is 2.53. The summed E-state index contributed by atoms with van der Waals surface area (Å²) in [6.45, 7) is 16.2. The van der Waals surface area contributed by atoms with Gasteiger partial charge in [0.15, 0.2) is 0 Å². The summed E-state index contributed by atoms with van der Waals surface area (Å²) in [5, 5.41) is 12.3. The van der Waals surface area contributed by atoms with Gasteiger partial charge in [-0.25, -0.2) is 0 Å². The SMILES string of the molecule is CC(C)(C)c1ccc(N(c2cc(O)cc(Cl)c2)c2ccc3c4c(sc3c2)C(C)(C)CCC4(C)C)cc1. The molecule has 4 aromatic rings. The standard InChI is InChI=1S/C32H36ClNOS/c1-30(2,3)20-8-10-22(11-9-20)34(24-16-21(33)17-25(35)18-24)23-12-13-26-27(19-23)36-29-28(26)31(4,5)14-15-32(29,6)7/h8-13,16-19,35H,14-15H2,1-7H3. The zero-order valence-electron chi connectivity index (χ0n) is 22.4. The van der Waals surface area contributed by atoms with Crippen LogP contribution in [-0.4, -0.2) is 5.11 Å². The Morgan fingerprint density at radius 1 is 0.806 bits per heavy atom. The fourth-order valence-electron chi connectivity index (χ4n) is 5.48. The molecule has 0 aliphatic heterocycles. The van der Waals surface area contributed by atoms with Gasteiger partial charge in [0.1, 0.15) is 5.75 Å². The molecule has 0 amide bonds. The number of halogens is 1. The predicted molar refractivity (Wildman–Crippen MR) is 157 cm³/mol. The smallest absolute Gasteiger partial charge is 0.119 e. The largest absolute Gasteiger partial charge is 0.508 e. The zero-order chi connectivity index (χ0) is 26.0. The van der Waals surface area contributed by atoms with E-state index >= 15 is 0 Å². The van der Waals surface area contributed by atoms with E-state index in [9.17, 15) is 5.11 Å². The summed E-state index contributed by atoms with van der Waals surface area (Å²) < 4.78 is 1.31. The number of hydrogen-bond donors (Lipinski definition) is 1. The third kappa shape index (κ3) is 4.41. The van der Waals surface area contributed by atoms with Gasteiger partial charge in [-0.15, -0.1) is 11.3 Å². The van der Waals surface area contributed by atoms with E-state index in [0.717, 1.165) is 17.1 Å². The Morgan fingerprint density at radius 3 is 2.08 bits per heavy atom. The Morgan fingerprint density at radius 2 is 1.44 bits per heavy atom. The number of phenols is 1. The molecule has 0 radical (unpaired) electrons. The van der Waals surface area contributed by atoms with Gasteiger partial charge in [-0.3, -0.25) is 0 Å². The van der Waals surface area contributed by atoms with Crippen molar-refractivity contribution < 1.29 is 5.11 Å². The highest BCUT2D eigenvalue weighted by atomic mass is 35.5. The van der Waals surface area contributed by atoms with Crippen LogP contribution in [-0.2, 0) is 16.2 Å². The first-order chi connectivity index (χ1) is 16.8. The second-order valence-electron chi connectivity index (χ2n) is 12.6. The molecule has 0 fully saturated rings. The topological polar surface area (TPSA) is 23.5 Å². The molecule has 0 bridgehead atoms. The van der Waals surface area contributed by atoms with Crippen LogP contribution in [0.2, 0.25) is 5.02 Å². The summed E-state index contributed by atoms with van der Waals surface area (Å²) in [5.74, 6) is 0.157. The lowest BCUT2D eigenvalue weighted by molar-refractivity contribution is 0.341. The number of thiophene rings is 1. The molecule has 1 aliphatic rings. The molecule has 0 unspecified atom stereocenters. The van der Waals surface area contributed by atoms with E-state index in [1.54, 1.807) is 12.1 Å². The monoisotopic (exact) mass is 517 g/mol. The van der Waals surface area contributed by atoms with Crippen molar-refractivity contribution in [2.45, 2.75) is 77.6 Å². The fourth-order valence-corrected chi connectivity index (χ4v) is 7.25. The molecule has 1 N–H and O–H groups in total. The molecular weight excluding hydrogens is 482 g/mol. The van der Waals surface area contributed by atoms with E-state index in [0.29, 0.717) is 5.02 Å². The molecule has 36 heavy (non-hydrogen) atoms. The van der Waals surface area contributed by atoms with E-state index in [-0.39, 0.29) is 22.0 Å². The molecule has 4 heteroatoms. The Kier molecular flexibility index (Phi) is 5.97. The first kappa shape index (κ1) is 25.2. The third-order valence-electron chi connectivity index (χ3n) is 7.72. The van der Waals surface area contributed by atoms with Gasteiger partial charge in [-0.2, -0.15) is 0 Å². The van der Waals surface area contributed by atoms with Crippen LogP contribution < -0.4 is 4.90 Å². The van der Waals surface area contributed by atoms with E-state index < -0.39 is 0 Å². The maximum absolute atomic E-state index is 10.4. The van der Waals surface area contributed by atoms with Crippen molar-refractivity contribution in [1.82, 2.24) is 0 Å². The predicted octanol–water partition coefficient (Wildman–Crippen LogP) is 10.4. The molecule has 0 spiro atoms. The number of rotatable bonds is 3. The molecule has 1 aromatic heterocycles. The summed E-state index contributed by atoms with van der Waals surface area (Å²) in [6, 6.07) is 20.8. The van der Waals surface area contributed by atoms with Crippen LogP contribution in [0, 0.1) is 0 Å². The lowest BCUT2D eigenvalue weighted by Gasteiger charge is -2.39. The Bertz CT molecular complexity index is 1420. The van der Waals surface area contributed by atoms with Gasteiger partial charge in [0.25, 0.3) is 0 Å². The molecule has 0 saturated carbocycles. The molecule has 188 valence electrons. The summed E-state index contributed by atoms with van der Waals surface area (Å²) in [5.41, 5.74) is 6.17. The molecule has 0 atom stereocenters. The lowest BCUT2D eigenvalue weighted by Crippen LogP contribution is -2.32. The van der Waals surface area contributed by atoms with Gasteiger partial charge >= 0.3 is 0 Å². The summed E-state index contributed by atoms with van der Waals surface area (Å²) in [6.07, 6.45) is 2.41. The minimum atomic E-state index is 0.0756. The van der Waals surface area contributed by atoms with Gasteiger partial charge in [-0.05, 0) is 82.0 Å². The Labute approximate surface area is 224 Å². The van der Waals surface area contributed by atoms with Crippen molar-refractivity contribution in [3.8, 4) is 5.75 Å². The van der Waals surface area contributed by atoms with Crippen molar-refractivity contribution in [2.24, 2.45) is 0 Å². The van der Waals surface area contributed by atoms with Crippen LogP contribution in [0.3, 0.4) is 0 Å². The second-order valence-corrected chi connectivity index (χ2v) is 14.0. The average Bonchev–Trinajstić information content (AvgIpc) is 3.18. The molecule has 3 aromatic carbocycles. The van der Waals surface area contributed by atoms with E-state index in [1.165, 1.54) is 38.9 Å². The minimum Gasteiger partial charge on any atom is -0.508 e. The van der Waals surface area contributed by atoms with Gasteiger partial charge in [0, 0.05) is 32.0 Å². The van der Waals surface area contributed by atoms with Crippen LogP contribution in [0.1, 0.15) is 77.3 Å². The summed E-state index contributed by atoms with van der Waals surface area (Å²) in [4.78, 5) is 3.71. The minimum absolute atomic E-state index is 0.0756. The number of anilines is 3. The van der Waals surface area contributed by atoms with E-state index in [1.807, 2.05) is 17.4 Å². The highest BCUT2D eigenvalue weighted by molar-refractivity contribution is 7.19. The van der Waals surface area contributed by atoms with E-state index in [4.69, 9.17) is 11.6 Å². The zero-order valence-corrected chi connectivity index (χ0v) is 23.9. The fraction of sp³-hybridized carbons (Fsp3) is 0.375. The van der Waals surface area contributed by atoms with Gasteiger partial charge in [0.2, 0.25) is 0 Å². The van der Waals surface area contributed by atoms with Crippen LogP contribution in [0.25, 0.3) is 10.1 Å². The van der Waals surface area contributed by atoms with Gasteiger partial charge in [-0.1, -0.05) is 78.3 Å². The molecule has 0 saturated heterocycles. The Hall–Kier alpha value is -2.49. The molecule has 1 aliphatic carbocycles. The van der Waals surface area contributed by atoms with Crippen LogP contribution in [0.4, 0.5) is 17.1 Å². The van der Waals surface area contributed by atoms with Gasteiger partial charge < -0.3 is 10.0 Å². The number of phenolic OH excluding ortho intramolecular Hbond substituents is 1. The van der Waals surface area contributed by atoms with Crippen molar-refractivity contribution >= 4 is 50.1 Å². The van der Waals surface area contributed by atoms with Crippen LogP contribution >= 0.6 is 22.9 Å². The summed E-state index contributed by atoms with van der Waals surface area (Å²) in [7, 11) is 0. The molecule has 1 heterocycles. The highest BCUT2D eigenvalue weighted by Gasteiger charge is 2.40. The van der Waals surface area contributed by atoms with E-state index in [2.05, 4.69) is 95.8 Å².